The van der Waals surface area contributed by atoms with Gasteiger partial charge in [-0.1, -0.05) is 20.8 Å². The predicted molar refractivity (Wildman–Crippen MR) is 91.2 cm³/mol. The van der Waals surface area contributed by atoms with Crippen molar-refractivity contribution in [3.8, 4) is 0 Å². The van der Waals surface area contributed by atoms with Gasteiger partial charge in [-0.25, -0.2) is 0 Å². The van der Waals surface area contributed by atoms with Crippen molar-refractivity contribution in [3.05, 3.63) is 29.8 Å². The lowest BCUT2D eigenvalue weighted by atomic mass is 10.0. The first-order valence-electron chi connectivity index (χ1n) is 8.00. The normalized spacial score (nSPS) is 12.5. The molecule has 0 saturated heterocycles. The summed E-state index contributed by atoms with van der Waals surface area (Å²) in [5, 5.41) is 2.88. The topological polar surface area (TPSA) is 49.4 Å². The van der Waals surface area contributed by atoms with Gasteiger partial charge in [-0.15, -0.1) is 0 Å². The van der Waals surface area contributed by atoms with Gasteiger partial charge in [0.15, 0.2) is 5.78 Å². The molecule has 0 aliphatic rings. The second-order valence-electron chi connectivity index (χ2n) is 6.04. The van der Waals surface area contributed by atoms with Gasteiger partial charge in [-0.3, -0.25) is 9.59 Å². The largest absolute Gasteiger partial charge is 0.326 e. The van der Waals surface area contributed by atoms with E-state index in [-0.39, 0.29) is 11.7 Å². The molecular weight excluding hydrogens is 276 g/mol. The van der Waals surface area contributed by atoms with Crippen molar-refractivity contribution in [2.45, 2.75) is 47.1 Å². The molecule has 1 rings (SSSR count). The molecule has 0 saturated carbocycles. The molecule has 1 aromatic carbocycles. The van der Waals surface area contributed by atoms with E-state index in [0.29, 0.717) is 23.9 Å². The molecule has 0 fully saturated rings. The molecule has 0 spiro atoms. The number of nitrogens with one attached hydrogen (secondary N) is 1. The maximum atomic E-state index is 12.0. The number of hydrogen-bond acceptors (Lipinski definition) is 3. The van der Waals surface area contributed by atoms with Crippen LogP contribution in [0.5, 0.6) is 0 Å². The maximum absolute atomic E-state index is 12.0. The lowest BCUT2D eigenvalue weighted by molar-refractivity contribution is -0.116. The average molecular weight is 304 g/mol. The van der Waals surface area contributed by atoms with Crippen LogP contribution < -0.4 is 5.32 Å². The minimum atomic E-state index is 0.00461. The van der Waals surface area contributed by atoms with Gasteiger partial charge in [-0.2, -0.15) is 0 Å². The fourth-order valence-corrected chi connectivity index (χ4v) is 2.33. The lowest BCUT2D eigenvalue weighted by Gasteiger charge is -2.30. The number of anilines is 1. The Morgan fingerprint density at radius 3 is 2.18 bits per heavy atom. The van der Waals surface area contributed by atoms with E-state index >= 15 is 0 Å². The third-order valence-electron chi connectivity index (χ3n) is 4.15. The molecule has 0 aliphatic heterocycles. The van der Waals surface area contributed by atoms with Gasteiger partial charge in [0.2, 0.25) is 5.91 Å². The summed E-state index contributed by atoms with van der Waals surface area (Å²) in [5.41, 5.74) is 1.39. The highest BCUT2D eigenvalue weighted by Crippen LogP contribution is 2.12. The molecule has 4 nitrogen and oxygen atoms in total. The summed E-state index contributed by atoms with van der Waals surface area (Å²) in [6.45, 7) is 12.0. The van der Waals surface area contributed by atoms with Crippen LogP contribution in [0.15, 0.2) is 24.3 Å². The van der Waals surface area contributed by atoms with Crippen LogP contribution in [-0.4, -0.2) is 35.7 Å². The number of Topliss-reactive ketones (excluding diaryl/α,β-unsaturated/α-hetero) is 1. The van der Waals surface area contributed by atoms with E-state index in [2.05, 4.69) is 37.9 Å². The SMILES string of the molecule is CCN(CCC(=O)Nc1ccc(C(C)=O)cc1)C(C)C(C)C. The van der Waals surface area contributed by atoms with Crippen LogP contribution in [0, 0.1) is 5.92 Å². The van der Waals surface area contributed by atoms with Crippen LogP contribution in [0.3, 0.4) is 0 Å². The van der Waals surface area contributed by atoms with Gasteiger partial charge in [-0.05, 0) is 50.6 Å². The monoisotopic (exact) mass is 304 g/mol. The Morgan fingerprint density at radius 1 is 1.14 bits per heavy atom. The standard InChI is InChI=1S/C18H28N2O2/c1-6-20(14(4)13(2)3)12-11-18(22)19-17-9-7-16(8-10-17)15(5)21/h7-10,13-14H,6,11-12H2,1-5H3,(H,19,22). The van der Waals surface area contributed by atoms with E-state index in [1.807, 2.05) is 0 Å². The summed E-state index contributed by atoms with van der Waals surface area (Å²) in [7, 11) is 0. The Labute approximate surface area is 133 Å². The van der Waals surface area contributed by atoms with Gasteiger partial charge in [0.05, 0.1) is 0 Å². The molecule has 0 heterocycles. The smallest absolute Gasteiger partial charge is 0.225 e. The summed E-state index contributed by atoms with van der Waals surface area (Å²) >= 11 is 0. The van der Waals surface area contributed by atoms with Crippen molar-refractivity contribution >= 4 is 17.4 Å². The average Bonchev–Trinajstić information content (AvgIpc) is 2.48. The molecule has 0 aromatic heterocycles. The number of ketones is 1. The number of nitrogens with zero attached hydrogens (tertiary/aromatic N) is 1. The molecule has 22 heavy (non-hydrogen) atoms. The summed E-state index contributed by atoms with van der Waals surface area (Å²) in [6, 6.07) is 7.47. The summed E-state index contributed by atoms with van der Waals surface area (Å²) < 4.78 is 0. The van der Waals surface area contributed by atoms with Crippen LogP contribution in [-0.2, 0) is 4.79 Å². The summed E-state index contributed by atoms with van der Waals surface area (Å²) in [6.07, 6.45) is 0.472. The molecule has 4 heteroatoms. The zero-order valence-electron chi connectivity index (χ0n) is 14.3. The minimum Gasteiger partial charge on any atom is -0.326 e. The Morgan fingerprint density at radius 2 is 1.73 bits per heavy atom. The van der Waals surface area contributed by atoms with E-state index in [1.54, 1.807) is 24.3 Å². The van der Waals surface area contributed by atoms with Crippen molar-refractivity contribution < 1.29 is 9.59 Å². The van der Waals surface area contributed by atoms with Crippen LogP contribution in [0.4, 0.5) is 5.69 Å². The molecule has 0 bridgehead atoms. The second kappa shape index (κ2) is 8.69. The van der Waals surface area contributed by atoms with Crippen LogP contribution in [0.25, 0.3) is 0 Å². The first-order chi connectivity index (χ1) is 10.3. The van der Waals surface area contributed by atoms with Crippen molar-refractivity contribution in [1.82, 2.24) is 4.90 Å². The number of amides is 1. The fourth-order valence-electron chi connectivity index (χ4n) is 2.33. The van der Waals surface area contributed by atoms with Crippen LogP contribution in [0.1, 0.15) is 51.4 Å². The fraction of sp³-hybridized carbons (Fsp3) is 0.556. The van der Waals surface area contributed by atoms with Crippen LogP contribution >= 0.6 is 0 Å². The first-order valence-corrected chi connectivity index (χ1v) is 8.00. The van der Waals surface area contributed by atoms with Crippen molar-refractivity contribution in [2.24, 2.45) is 5.92 Å². The molecule has 122 valence electrons. The van der Waals surface area contributed by atoms with E-state index in [4.69, 9.17) is 0 Å². The molecule has 1 aromatic rings. The first kappa shape index (κ1) is 18.4. The zero-order valence-corrected chi connectivity index (χ0v) is 14.3. The van der Waals surface area contributed by atoms with E-state index in [0.717, 1.165) is 18.8 Å². The number of carbonyl (C=O) groups is 2. The van der Waals surface area contributed by atoms with Gasteiger partial charge < -0.3 is 10.2 Å². The molecular formula is C18H28N2O2. The van der Waals surface area contributed by atoms with Gasteiger partial charge in [0.25, 0.3) is 0 Å². The van der Waals surface area contributed by atoms with Crippen LogP contribution in [0.2, 0.25) is 0 Å². The highest BCUT2D eigenvalue weighted by atomic mass is 16.1. The van der Waals surface area contributed by atoms with Gasteiger partial charge >= 0.3 is 0 Å². The van der Waals surface area contributed by atoms with E-state index in [1.165, 1.54) is 6.92 Å². The number of hydrogen-bond donors (Lipinski definition) is 1. The van der Waals surface area contributed by atoms with Crippen molar-refractivity contribution in [3.63, 3.8) is 0 Å². The molecule has 1 atom stereocenters. The molecule has 0 aliphatic carbocycles. The predicted octanol–water partition coefficient (Wildman–Crippen LogP) is 3.58. The van der Waals surface area contributed by atoms with Crippen molar-refractivity contribution in [2.75, 3.05) is 18.4 Å². The summed E-state index contributed by atoms with van der Waals surface area (Å²) in [4.78, 5) is 25.6. The molecule has 1 unspecified atom stereocenters. The molecule has 1 N–H and O–H groups in total. The third kappa shape index (κ3) is 5.60. The molecule has 1 amide bonds. The maximum Gasteiger partial charge on any atom is 0.225 e. The Balaban J connectivity index is 2.50. The number of benzene rings is 1. The number of carbonyl (C=O) groups excluding carboxylic acids is 2. The van der Waals surface area contributed by atoms with E-state index < -0.39 is 0 Å². The number of rotatable bonds is 8. The van der Waals surface area contributed by atoms with Gasteiger partial charge in [0, 0.05) is 30.3 Å². The van der Waals surface area contributed by atoms with Crippen molar-refractivity contribution in [1.29, 1.82) is 0 Å². The Hall–Kier alpha value is -1.68. The quantitative estimate of drug-likeness (QED) is 0.747. The minimum absolute atomic E-state index is 0.00461. The highest BCUT2D eigenvalue weighted by molar-refractivity contribution is 5.95. The highest BCUT2D eigenvalue weighted by Gasteiger charge is 2.16. The van der Waals surface area contributed by atoms with Gasteiger partial charge in [0.1, 0.15) is 0 Å². The Bertz CT molecular complexity index is 494. The zero-order chi connectivity index (χ0) is 16.7. The third-order valence-corrected chi connectivity index (χ3v) is 4.15. The lowest BCUT2D eigenvalue weighted by Crippen LogP contribution is -2.38. The Kier molecular flexibility index (Phi) is 7.25. The van der Waals surface area contributed by atoms with E-state index in [9.17, 15) is 9.59 Å². The summed E-state index contributed by atoms with van der Waals surface area (Å²) in [5.74, 6) is 0.603. The molecule has 0 radical (unpaired) electrons. The second-order valence-corrected chi connectivity index (χ2v) is 6.04.